The predicted molar refractivity (Wildman–Crippen MR) is 100 cm³/mol. The molecule has 0 bridgehead atoms. The second-order valence-corrected chi connectivity index (χ2v) is 6.76. The van der Waals surface area contributed by atoms with Crippen LogP contribution in [0.3, 0.4) is 0 Å². The molecule has 2 aromatic heterocycles. The molecular weight excluding hydrogens is 366 g/mol. The van der Waals surface area contributed by atoms with Gasteiger partial charge < -0.3 is 15.7 Å². The third kappa shape index (κ3) is 4.25. The quantitative estimate of drug-likeness (QED) is 0.472. The second kappa shape index (κ2) is 7.89. The molecule has 7 nitrogen and oxygen atoms in total. The van der Waals surface area contributed by atoms with E-state index in [1.54, 1.807) is 12.1 Å². The molecule has 3 aromatic rings. The Morgan fingerprint density at radius 2 is 2.00 bits per heavy atom. The first kappa shape index (κ1) is 18.3. The minimum Gasteiger partial charge on any atom is -0.396 e. The minimum absolute atomic E-state index is 0.00629. The molecule has 0 spiro atoms. The molecule has 1 aliphatic carbocycles. The number of rotatable bonds is 8. The van der Waals surface area contributed by atoms with Crippen LogP contribution < -0.4 is 10.6 Å². The van der Waals surface area contributed by atoms with Crippen LogP contribution in [0, 0.1) is 11.6 Å². The Morgan fingerprint density at radius 1 is 1.21 bits per heavy atom. The van der Waals surface area contributed by atoms with Gasteiger partial charge in [-0.05, 0) is 37.0 Å². The molecule has 4 rings (SSSR count). The van der Waals surface area contributed by atoms with Crippen molar-refractivity contribution in [2.24, 2.45) is 0 Å². The van der Waals surface area contributed by atoms with Crippen LogP contribution in [0.15, 0.2) is 36.5 Å². The van der Waals surface area contributed by atoms with Gasteiger partial charge in [0.05, 0.1) is 12.2 Å². The van der Waals surface area contributed by atoms with Gasteiger partial charge in [-0.1, -0.05) is 12.1 Å². The van der Waals surface area contributed by atoms with Crippen LogP contribution >= 0.6 is 0 Å². The van der Waals surface area contributed by atoms with Gasteiger partial charge in [-0.3, -0.25) is 5.10 Å². The van der Waals surface area contributed by atoms with Gasteiger partial charge >= 0.3 is 0 Å². The molecule has 0 amide bonds. The molecule has 0 radical (unpaired) electrons. The van der Waals surface area contributed by atoms with E-state index in [1.165, 1.54) is 12.1 Å². The molecule has 28 heavy (non-hydrogen) atoms. The standard InChI is InChI=1S/C19H20F2N6O/c20-13-5-3-11(4-6-13)15(7-8-28)23-19-22-10-14(21)18(25-19)24-17-9-16(26-27-17)12-1-2-12/h3-6,9-10,12,15,28H,1-2,7-8H2,(H3,22,23,24,25,26,27)/t15-/m0/s1. The van der Waals surface area contributed by atoms with E-state index < -0.39 is 5.82 Å². The molecule has 4 N–H and O–H groups in total. The van der Waals surface area contributed by atoms with E-state index in [9.17, 15) is 13.9 Å². The molecule has 2 heterocycles. The van der Waals surface area contributed by atoms with Crippen molar-refractivity contribution in [3.63, 3.8) is 0 Å². The van der Waals surface area contributed by atoms with Gasteiger partial charge in [0.2, 0.25) is 5.95 Å². The Balaban J connectivity index is 1.51. The first-order chi connectivity index (χ1) is 13.6. The van der Waals surface area contributed by atoms with Crippen molar-refractivity contribution in [3.8, 4) is 0 Å². The third-order valence-electron chi connectivity index (χ3n) is 4.60. The van der Waals surface area contributed by atoms with Crippen molar-refractivity contribution < 1.29 is 13.9 Å². The van der Waals surface area contributed by atoms with Gasteiger partial charge in [-0.25, -0.2) is 13.8 Å². The average molecular weight is 386 g/mol. The van der Waals surface area contributed by atoms with E-state index >= 15 is 0 Å². The summed E-state index contributed by atoms with van der Waals surface area (Å²) in [5, 5.41) is 22.3. The number of benzene rings is 1. The van der Waals surface area contributed by atoms with Crippen molar-refractivity contribution in [1.82, 2.24) is 20.2 Å². The summed E-state index contributed by atoms with van der Waals surface area (Å²) >= 11 is 0. The number of hydrogen-bond donors (Lipinski definition) is 4. The van der Waals surface area contributed by atoms with Crippen molar-refractivity contribution in [2.75, 3.05) is 17.2 Å². The number of nitrogens with zero attached hydrogens (tertiary/aromatic N) is 3. The molecule has 1 aromatic carbocycles. The van der Waals surface area contributed by atoms with Crippen molar-refractivity contribution in [2.45, 2.75) is 31.2 Å². The van der Waals surface area contributed by atoms with Gasteiger partial charge in [-0.15, -0.1) is 0 Å². The maximum atomic E-state index is 14.2. The highest BCUT2D eigenvalue weighted by atomic mass is 19.1. The monoisotopic (exact) mass is 386 g/mol. The van der Waals surface area contributed by atoms with E-state index in [4.69, 9.17) is 0 Å². The number of aromatic nitrogens is 4. The Morgan fingerprint density at radius 3 is 2.71 bits per heavy atom. The molecule has 1 aliphatic rings. The summed E-state index contributed by atoms with van der Waals surface area (Å²) in [6.07, 6.45) is 3.69. The van der Waals surface area contributed by atoms with Crippen LogP contribution in [-0.2, 0) is 0 Å². The highest BCUT2D eigenvalue weighted by Crippen LogP contribution is 2.39. The Bertz CT molecular complexity index is 942. The zero-order valence-electron chi connectivity index (χ0n) is 15.0. The lowest BCUT2D eigenvalue weighted by Gasteiger charge is -2.18. The number of aliphatic hydroxyl groups is 1. The number of nitrogens with one attached hydrogen (secondary N) is 3. The fraction of sp³-hybridized carbons (Fsp3) is 0.316. The first-order valence-electron chi connectivity index (χ1n) is 9.10. The normalized spacial score (nSPS) is 14.7. The Kier molecular flexibility index (Phi) is 5.16. The lowest BCUT2D eigenvalue weighted by molar-refractivity contribution is 0.279. The fourth-order valence-corrected chi connectivity index (χ4v) is 2.95. The molecule has 0 unspecified atom stereocenters. The van der Waals surface area contributed by atoms with Crippen LogP contribution in [0.2, 0.25) is 0 Å². The minimum atomic E-state index is -0.609. The molecule has 146 valence electrons. The molecule has 1 atom stereocenters. The van der Waals surface area contributed by atoms with Gasteiger partial charge in [-0.2, -0.15) is 10.1 Å². The van der Waals surface area contributed by atoms with Crippen LogP contribution in [0.1, 0.15) is 42.5 Å². The fourth-order valence-electron chi connectivity index (χ4n) is 2.95. The highest BCUT2D eigenvalue weighted by molar-refractivity contribution is 5.54. The molecule has 1 fully saturated rings. The summed E-state index contributed by atoms with van der Waals surface area (Å²) in [7, 11) is 0. The number of aliphatic hydroxyl groups excluding tert-OH is 1. The molecule has 0 aliphatic heterocycles. The van der Waals surface area contributed by atoms with Crippen molar-refractivity contribution >= 4 is 17.6 Å². The SMILES string of the molecule is OCC[C@H](Nc1ncc(F)c(Nc2cc(C3CC3)[nH]n2)n1)c1ccc(F)cc1. The van der Waals surface area contributed by atoms with Gasteiger partial charge in [0.1, 0.15) is 5.82 Å². The Labute approximate surface area is 160 Å². The van der Waals surface area contributed by atoms with E-state index in [1.807, 2.05) is 6.07 Å². The van der Waals surface area contributed by atoms with Crippen LogP contribution in [0.25, 0.3) is 0 Å². The molecule has 1 saturated carbocycles. The van der Waals surface area contributed by atoms with Gasteiger partial charge in [0.15, 0.2) is 17.5 Å². The van der Waals surface area contributed by atoms with Gasteiger partial charge in [0.25, 0.3) is 0 Å². The van der Waals surface area contributed by atoms with E-state index in [0.29, 0.717) is 18.2 Å². The highest BCUT2D eigenvalue weighted by Gasteiger charge is 2.25. The summed E-state index contributed by atoms with van der Waals surface area (Å²) in [6, 6.07) is 7.42. The van der Waals surface area contributed by atoms with Crippen LogP contribution in [0.5, 0.6) is 0 Å². The number of aromatic amines is 1. The lowest BCUT2D eigenvalue weighted by Crippen LogP contribution is -2.15. The van der Waals surface area contributed by atoms with E-state index in [0.717, 1.165) is 30.3 Å². The average Bonchev–Trinajstić information content (AvgIpc) is 3.44. The largest absolute Gasteiger partial charge is 0.396 e. The van der Waals surface area contributed by atoms with Gasteiger partial charge in [0, 0.05) is 24.3 Å². The summed E-state index contributed by atoms with van der Waals surface area (Å²) in [5.74, 6) is 0.210. The molecular formula is C19H20F2N6O. The zero-order valence-corrected chi connectivity index (χ0v) is 15.0. The lowest BCUT2D eigenvalue weighted by atomic mass is 10.0. The molecule has 0 saturated heterocycles. The van der Waals surface area contributed by atoms with Crippen LogP contribution in [0.4, 0.5) is 26.4 Å². The Hall–Kier alpha value is -3.07. The summed E-state index contributed by atoms with van der Waals surface area (Å²) in [5.41, 5.74) is 1.79. The van der Waals surface area contributed by atoms with Crippen LogP contribution in [-0.4, -0.2) is 31.9 Å². The summed E-state index contributed by atoms with van der Waals surface area (Å²) < 4.78 is 27.3. The van der Waals surface area contributed by atoms with E-state index in [-0.39, 0.29) is 30.2 Å². The summed E-state index contributed by atoms with van der Waals surface area (Å²) in [4.78, 5) is 8.15. The molecule has 9 heteroatoms. The number of halogens is 2. The zero-order chi connectivity index (χ0) is 19.5. The topological polar surface area (TPSA) is 98.8 Å². The summed E-state index contributed by atoms with van der Waals surface area (Å²) in [6.45, 7) is -0.0848. The predicted octanol–water partition coefficient (Wildman–Crippen LogP) is 3.63. The first-order valence-corrected chi connectivity index (χ1v) is 9.10. The van der Waals surface area contributed by atoms with Crippen molar-refractivity contribution in [1.29, 1.82) is 0 Å². The maximum absolute atomic E-state index is 14.2. The smallest absolute Gasteiger partial charge is 0.225 e. The third-order valence-corrected chi connectivity index (χ3v) is 4.60. The number of hydrogen-bond acceptors (Lipinski definition) is 6. The van der Waals surface area contributed by atoms with Crippen molar-refractivity contribution in [3.05, 3.63) is 59.4 Å². The number of H-pyrrole nitrogens is 1. The second-order valence-electron chi connectivity index (χ2n) is 6.76. The van der Waals surface area contributed by atoms with E-state index in [2.05, 4.69) is 30.8 Å². The number of anilines is 3. The maximum Gasteiger partial charge on any atom is 0.225 e.